The first-order chi connectivity index (χ1) is 16.0. The summed E-state index contributed by atoms with van der Waals surface area (Å²) >= 11 is 1.26. The van der Waals surface area contributed by atoms with Gasteiger partial charge in [0.1, 0.15) is 6.54 Å². The number of amides is 3. The van der Waals surface area contributed by atoms with Crippen molar-refractivity contribution in [1.29, 1.82) is 0 Å². The lowest BCUT2D eigenvalue weighted by Crippen LogP contribution is -2.39. The molecule has 0 unspecified atom stereocenters. The Morgan fingerprint density at radius 2 is 1.94 bits per heavy atom. The van der Waals surface area contributed by atoms with Crippen LogP contribution in [-0.2, 0) is 22.6 Å². The lowest BCUT2D eigenvalue weighted by molar-refractivity contribution is -0.120. The molecule has 8 nitrogen and oxygen atoms in total. The van der Waals surface area contributed by atoms with Gasteiger partial charge >= 0.3 is 0 Å². The Morgan fingerprint density at radius 3 is 2.67 bits per heavy atom. The number of aromatic nitrogens is 2. The van der Waals surface area contributed by atoms with Crippen molar-refractivity contribution in [3.63, 3.8) is 0 Å². The Bertz CT molecular complexity index is 1140. The van der Waals surface area contributed by atoms with Gasteiger partial charge in [0.25, 0.3) is 5.91 Å². The highest BCUT2D eigenvalue weighted by Crippen LogP contribution is 2.29. The van der Waals surface area contributed by atoms with E-state index in [2.05, 4.69) is 20.6 Å². The zero-order valence-corrected chi connectivity index (χ0v) is 19.1. The normalized spacial score (nSPS) is 12.8. The summed E-state index contributed by atoms with van der Waals surface area (Å²) in [5, 5.41) is 7.75. The van der Waals surface area contributed by atoms with E-state index >= 15 is 0 Å². The number of hydrogen-bond acceptors (Lipinski definition) is 6. The van der Waals surface area contributed by atoms with Crippen LogP contribution in [0.15, 0.2) is 54.2 Å². The molecule has 2 heterocycles. The SMILES string of the molecule is Cc1ccccc1C(=O)N(CC(=O)Nc1nc(CC(=O)NCc2cccnc2)cs1)C1CC1. The lowest BCUT2D eigenvalue weighted by Gasteiger charge is -2.22. The van der Waals surface area contributed by atoms with E-state index in [0.717, 1.165) is 24.0 Å². The highest BCUT2D eigenvalue weighted by atomic mass is 32.1. The van der Waals surface area contributed by atoms with Crippen LogP contribution in [0.1, 0.15) is 40.0 Å². The number of anilines is 1. The summed E-state index contributed by atoms with van der Waals surface area (Å²) < 4.78 is 0. The second-order valence-electron chi connectivity index (χ2n) is 7.99. The van der Waals surface area contributed by atoms with Gasteiger partial charge in [-0.3, -0.25) is 19.4 Å². The summed E-state index contributed by atoms with van der Waals surface area (Å²) in [5.74, 6) is -0.590. The summed E-state index contributed by atoms with van der Waals surface area (Å²) in [7, 11) is 0. The predicted octanol–water partition coefficient (Wildman–Crippen LogP) is 2.95. The first-order valence-electron chi connectivity index (χ1n) is 10.8. The van der Waals surface area contributed by atoms with Crippen LogP contribution < -0.4 is 10.6 Å². The molecule has 1 aliphatic rings. The molecule has 1 fully saturated rings. The molecule has 0 saturated heterocycles. The summed E-state index contributed by atoms with van der Waals surface area (Å²) in [6, 6.07) is 11.2. The Hall–Kier alpha value is -3.59. The van der Waals surface area contributed by atoms with Gasteiger partial charge < -0.3 is 15.5 Å². The fourth-order valence-corrected chi connectivity index (χ4v) is 4.14. The Balaban J connectivity index is 1.30. The third-order valence-electron chi connectivity index (χ3n) is 5.29. The molecule has 0 bridgehead atoms. The second-order valence-corrected chi connectivity index (χ2v) is 8.84. The van der Waals surface area contributed by atoms with E-state index in [4.69, 9.17) is 0 Å². The van der Waals surface area contributed by atoms with E-state index in [1.807, 2.05) is 37.3 Å². The van der Waals surface area contributed by atoms with Crippen LogP contribution in [0, 0.1) is 6.92 Å². The minimum atomic E-state index is -0.300. The molecule has 1 aliphatic carbocycles. The number of nitrogens with one attached hydrogen (secondary N) is 2. The van der Waals surface area contributed by atoms with E-state index in [9.17, 15) is 14.4 Å². The molecule has 4 rings (SSSR count). The van der Waals surface area contributed by atoms with Crippen molar-refractivity contribution >= 4 is 34.2 Å². The van der Waals surface area contributed by atoms with Crippen molar-refractivity contribution in [1.82, 2.24) is 20.2 Å². The number of thiazole rings is 1. The molecule has 2 aromatic heterocycles. The van der Waals surface area contributed by atoms with Crippen molar-refractivity contribution in [3.05, 3.63) is 76.6 Å². The van der Waals surface area contributed by atoms with E-state index in [1.165, 1.54) is 11.3 Å². The minimum Gasteiger partial charge on any atom is -0.352 e. The van der Waals surface area contributed by atoms with E-state index in [0.29, 0.717) is 22.9 Å². The number of benzene rings is 1. The topological polar surface area (TPSA) is 104 Å². The average molecular weight is 464 g/mol. The number of pyridine rings is 1. The molecular formula is C24H25N5O3S. The summed E-state index contributed by atoms with van der Waals surface area (Å²) in [6.07, 6.45) is 5.30. The van der Waals surface area contributed by atoms with Gasteiger partial charge in [0.2, 0.25) is 11.8 Å². The molecule has 1 saturated carbocycles. The molecule has 0 atom stereocenters. The molecule has 0 radical (unpaired) electrons. The van der Waals surface area contributed by atoms with Crippen LogP contribution in [0.2, 0.25) is 0 Å². The van der Waals surface area contributed by atoms with Crippen molar-refractivity contribution < 1.29 is 14.4 Å². The highest BCUT2D eigenvalue weighted by Gasteiger charge is 2.34. The molecule has 2 N–H and O–H groups in total. The fourth-order valence-electron chi connectivity index (χ4n) is 3.41. The molecule has 170 valence electrons. The maximum atomic E-state index is 13.0. The molecular weight excluding hydrogens is 438 g/mol. The van der Waals surface area contributed by atoms with Crippen LogP contribution in [0.25, 0.3) is 0 Å². The smallest absolute Gasteiger partial charge is 0.254 e. The quantitative estimate of drug-likeness (QED) is 0.508. The molecule has 33 heavy (non-hydrogen) atoms. The summed E-state index contributed by atoms with van der Waals surface area (Å²) in [5.41, 5.74) is 3.00. The molecule has 0 aliphatic heterocycles. The summed E-state index contributed by atoms with van der Waals surface area (Å²) in [6.45, 7) is 2.26. The van der Waals surface area contributed by atoms with Gasteiger partial charge in [0.05, 0.1) is 12.1 Å². The maximum Gasteiger partial charge on any atom is 0.254 e. The number of nitrogens with zero attached hydrogens (tertiary/aromatic N) is 3. The number of aryl methyl sites for hydroxylation is 1. The van der Waals surface area contributed by atoms with Gasteiger partial charge in [-0.2, -0.15) is 0 Å². The van der Waals surface area contributed by atoms with E-state index in [1.54, 1.807) is 28.7 Å². The molecule has 0 spiro atoms. The maximum absolute atomic E-state index is 13.0. The van der Waals surface area contributed by atoms with Crippen LogP contribution >= 0.6 is 11.3 Å². The first-order valence-corrected chi connectivity index (χ1v) is 11.6. The van der Waals surface area contributed by atoms with Crippen LogP contribution in [0.4, 0.5) is 5.13 Å². The van der Waals surface area contributed by atoms with Crippen LogP contribution in [0.5, 0.6) is 0 Å². The van der Waals surface area contributed by atoms with Gasteiger partial charge in [-0.1, -0.05) is 24.3 Å². The van der Waals surface area contributed by atoms with Crippen molar-refractivity contribution in [2.24, 2.45) is 0 Å². The van der Waals surface area contributed by atoms with E-state index < -0.39 is 0 Å². The van der Waals surface area contributed by atoms with Crippen LogP contribution in [0.3, 0.4) is 0 Å². The molecule has 3 aromatic rings. The Kier molecular flexibility index (Phi) is 7.09. The summed E-state index contributed by atoms with van der Waals surface area (Å²) in [4.78, 5) is 47.8. The molecule has 3 amide bonds. The van der Waals surface area contributed by atoms with Gasteiger partial charge in [-0.15, -0.1) is 11.3 Å². The Labute approximate surface area is 196 Å². The van der Waals surface area contributed by atoms with Gasteiger partial charge in [0, 0.05) is 35.9 Å². The number of hydrogen-bond donors (Lipinski definition) is 2. The second kappa shape index (κ2) is 10.4. The number of carbonyl (C=O) groups excluding carboxylic acids is 3. The highest BCUT2D eigenvalue weighted by molar-refractivity contribution is 7.13. The molecule has 1 aromatic carbocycles. The minimum absolute atomic E-state index is 0.0294. The van der Waals surface area contributed by atoms with Crippen molar-refractivity contribution in [2.75, 3.05) is 11.9 Å². The monoisotopic (exact) mass is 463 g/mol. The number of carbonyl (C=O) groups is 3. The van der Waals surface area contributed by atoms with Gasteiger partial charge in [-0.25, -0.2) is 4.98 Å². The van der Waals surface area contributed by atoms with Crippen molar-refractivity contribution in [3.8, 4) is 0 Å². The fraction of sp³-hybridized carbons (Fsp3) is 0.292. The van der Waals surface area contributed by atoms with Gasteiger partial charge in [0.15, 0.2) is 5.13 Å². The first kappa shape index (κ1) is 22.6. The zero-order chi connectivity index (χ0) is 23.2. The van der Waals surface area contributed by atoms with Crippen LogP contribution in [-0.4, -0.2) is 45.2 Å². The lowest BCUT2D eigenvalue weighted by atomic mass is 10.1. The average Bonchev–Trinajstić information content (AvgIpc) is 3.57. The third-order valence-corrected chi connectivity index (χ3v) is 6.10. The van der Waals surface area contributed by atoms with Gasteiger partial charge in [-0.05, 0) is 43.0 Å². The molecule has 9 heteroatoms. The van der Waals surface area contributed by atoms with E-state index in [-0.39, 0.29) is 36.7 Å². The standard InChI is InChI=1S/C24H25N5O3S/c1-16-5-2-3-7-20(16)23(32)29(19-8-9-19)14-22(31)28-24-27-18(15-33-24)11-21(30)26-13-17-6-4-10-25-12-17/h2-7,10,12,15,19H,8-9,11,13-14H2,1H3,(H,26,30)(H,27,28,31). The third kappa shape index (κ3) is 6.23. The predicted molar refractivity (Wildman–Crippen MR) is 126 cm³/mol. The number of rotatable bonds is 9. The van der Waals surface area contributed by atoms with Crippen molar-refractivity contribution in [2.45, 2.75) is 38.8 Å². The zero-order valence-electron chi connectivity index (χ0n) is 18.3. The largest absolute Gasteiger partial charge is 0.352 e. The Morgan fingerprint density at radius 1 is 1.12 bits per heavy atom.